The lowest BCUT2D eigenvalue weighted by molar-refractivity contribution is -0.116. The number of anilines is 1. The third-order valence-corrected chi connectivity index (χ3v) is 2.35. The molecule has 0 atom stereocenters. The number of fused-ring (bicyclic) bond motifs is 3. The van der Waals surface area contributed by atoms with Crippen molar-refractivity contribution in [1.29, 1.82) is 0 Å². The minimum absolute atomic E-state index is 0.0771. The van der Waals surface area contributed by atoms with Crippen LogP contribution in [0.4, 0.5) is 5.69 Å². The van der Waals surface area contributed by atoms with Crippen molar-refractivity contribution in [2.24, 2.45) is 0 Å². The standard InChI is InChI=1S/C10H8N4O/c15-9-5-14-10(11-6-12-14)7-3-1-2-4-8(7)13-9/h1-4,6H,5H2,(H,13,15). The fourth-order valence-electron chi connectivity index (χ4n) is 1.70. The molecule has 74 valence electrons. The van der Waals surface area contributed by atoms with E-state index in [4.69, 9.17) is 0 Å². The van der Waals surface area contributed by atoms with Crippen LogP contribution in [0, 0.1) is 0 Å². The fraction of sp³-hybridized carbons (Fsp3) is 0.100. The number of nitrogens with zero attached hydrogens (tertiary/aromatic N) is 3. The summed E-state index contributed by atoms with van der Waals surface area (Å²) in [6, 6.07) is 7.57. The molecule has 0 aliphatic carbocycles. The van der Waals surface area contributed by atoms with E-state index < -0.39 is 0 Å². The Morgan fingerprint density at radius 3 is 3.13 bits per heavy atom. The molecule has 0 spiro atoms. The van der Waals surface area contributed by atoms with Crippen molar-refractivity contribution in [3.63, 3.8) is 0 Å². The highest BCUT2D eigenvalue weighted by atomic mass is 16.2. The van der Waals surface area contributed by atoms with Crippen molar-refractivity contribution in [2.75, 3.05) is 5.32 Å². The first-order valence-corrected chi connectivity index (χ1v) is 4.61. The van der Waals surface area contributed by atoms with E-state index in [1.54, 1.807) is 4.68 Å². The number of hydrogen-bond donors (Lipinski definition) is 1. The van der Waals surface area contributed by atoms with Crippen LogP contribution >= 0.6 is 0 Å². The van der Waals surface area contributed by atoms with Crippen LogP contribution in [0.15, 0.2) is 30.6 Å². The predicted octanol–water partition coefficient (Wildman–Crippen LogP) is 0.897. The summed E-state index contributed by atoms with van der Waals surface area (Å²) < 4.78 is 1.60. The van der Waals surface area contributed by atoms with E-state index in [1.165, 1.54) is 6.33 Å². The summed E-state index contributed by atoms with van der Waals surface area (Å²) in [5.74, 6) is 0.649. The van der Waals surface area contributed by atoms with Gasteiger partial charge < -0.3 is 5.32 Å². The van der Waals surface area contributed by atoms with Crippen LogP contribution < -0.4 is 5.32 Å². The zero-order chi connectivity index (χ0) is 10.3. The highest BCUT2D eigenvalue weighted by Gasteiger charge is 2.18. The van der Waals surface area contributed by atoms with Gasteiger partial charge in [0.05, 0.1) is 5.69 Å². The molecule has 0 saturated heterocycles. The first kappa shape index (κ1) is 8.16. The van der Waals surface area contributed by atoms with Gasteiger partial charge in [0.15, 0.2) is 5.82 Å². The van der Waals surface area contributed by atoms with Gasteiger partial charge in [0.1, 0.15) is 12.9 Å². The van der Waals surface area contributed by atoms with Crippen LogP contribution in [0.3, 0.4) is 0 Å². The van der Waals surface area contributed by atoms with Gasteiger partial charge in [-0.1, -0.05) is 12.1 Å². The molecule has 1 aliphatic heterocycles. The van der Waals surface area contributed by atoms with Crippen LogP contribution in [0.1, 0.15) is 0 Å². The van der Waals surface area contributed by atoms with Crippen molar-refractivity contribution in [3.8, 4) is 11.4 Å². The van der Waals surface area contributed by atoms with E-state index in [-0.39, 0.29) is 12.5 Å². The minimum Gasteiger partial charge on any atom is -0.324 e. The van der Waals surface area contributed by atoms with Crippen LogP contribution in [-0.4, -0.2) is 20.7 Å². The topological polar surface area (TPSA) is 59.8 Å². The normalized spacial score (nSPS) is 13.7. The van der Waals surface area contributed by atoms with Gasteiger partial charge in [-0.2, -0.15) is 5.10 Å². The number of aromatic nitrogens is 3. The molecule has 2 aromatic rings. The summed E-state index contributed by atoms with van der Waals surface area (Å²) in [5, 5.41) is 6.83. The molecule has 0 unspecified atom stereocenters. The summed E-state index contributed by atoms with van der Waals surface area (Å²) in [6.45, 7) is 0.212. The van der Waals surface area contributed by atoms with Crippen LogP contribution in [0.5, 0.6) is 0 Å². The van der Waals surface area contributed by atoms with Crippen LogP contribution in [0.25, 0.3) is 11.4 Å². The van der Waals surface area contributed by atoms with Crippen LogP contribution in [0.2, 0.25) is 0 Å². The molecular formula is C10H8N4O. The first-order valence-electron chi connectivity index (χ1n) is 4.61. The Labute approximate surface area is 85.8 Å². The van der Waals surface area contributed by atoms with Crippen molar-refractivity contribution < 1.29 is 4.79 Å². The van der Waals surface area contributed by atoms with Crippen molar-refractivity contribution in [3.05, 3.63) is 30.6 Å². The quantitative estimate of drug-likeness (QED) is 0.687. The Morgan fingerprint density at radius 1 is 1.33 bits per heavy atom. The van der Waals surface area contributed by atoms with E-state index in [0.29, 0.717) is 0 Å². The number of para-hydroxylation sites is 1. The molecule has 1 aliphatic rings. The second-order valence-electron chi connectivity index (χ2n) is 3.34. The first-order chi connectivity index (χ1) is 7.34. The Balaban J connectivity index is 2.29. The molecule has 1 aromatic carbocycles. The number of carbonyl (C=O) groups is 1. The summed E-state index contributed by atoms with van der Waals surface area (Å²) in [4.78, 5) is 15.7. The van der Waals surface area contributed by atoms with Gasteiger partial charge >= 0.3 is 0 Å². The molecule has 3 rings (SSSR count). The summed E-state index contributed by atoms with van der Waals surface area (Å²) in [6.07, 6.45) is 1.46. The highest BCUT2D eigenvalue weighted by molar-refractivity contribution is 5.96. The average molecular weight is 200 g/mol. The molecule has 1 aromatic heterocycles. The molecule has 2 heterocycles. The van der Waals surface area contributed by atoms with Gasteiger partial charge in [-0.05, 0) is 12.1 Å². The average Bonchev–Trinajstić information content (AvgIpc) is 2.62. The second-order valence-corrected chi connectivity index (χ2v) is 3.34. The van der Waals surface area contributed by atoms with Crippen LogP contribution in [-0.2, 0) is 11.3 Å². The number of hydrogen-bond acceptors (Lipinski definition) is 3. The maximum atomic E-state index is 11.5. The maximum absolute atomic E-state index is 11.5. The molecule has 0 radical (unpaired) electrons. The Kier molecular flexibility index (Phi) is 1.58. The number of rotatable bonds is 0. The molecule has 1 N–H and O–H groups in total. The molecule has 1 amide bonds. The monoisotopic (exact) mass is 200 g/mol. The zero-order valence-corrected chi connectivity index (χ0v) is 7.84. The van der Waals surface area contributed by atoms with E-state index in [9.17, 15) is 4.79 Å². The number of nitrogens with one attached hydrogen (secondary N) is 1. The zero-order valence-electron chi connectivity index (χ0n) is 7.84. The molecule has 5 heteroatoms. The minimum atomic E-state index is -0.0771. The van der Waals surface area contributed by atoms with Crippen molar-refractivity contribution >= 4 is 11.6 Å². The molecule has 5 nitrogen and oxygen atoms in total. The molecule has 15 heavy (non-hydrogen) atoms. The maximum Gasteiger partial charge on any atom is 0.246 e. The second kappa shape index (κ2) is 2.91. The lowest BCUT2D eigenvalue weighted by Gasteiger charge is -2.03. The smallest absolute Gasteiger partial charge is 0.246 e. The number of benzene rings is 1. The Morgan fingerprint density at radius 2 is 2.20 bits per heavy atom. The lowest BCUT2D eigenvalue weighted by Crippen LogP contribution is -2.17. The predicted molar refractivity (Wildman–Crippen MR) is 54.1 cm³/mol. The Hall–Kier alpha value is -2.17. The largest absolute Gasteiger partial charge is 0.324 e. The van der Waals surface area contributed by atoms with Gasteiger partial charge in [-0.25, -0.2) is 9.67 Å². The molecule has 0 saturated carbocycles. The molecule has 0 fully saturated rings. The summed E-state index contributed by atoms with van der Waals surface area (Å²) >= 11 is 0. The lowest BCUT2D eigenvalue weighted by atomic mass is 10.1. The van der Waals surface area contributed by atoms with Gasteiger partial charge in [0.25, 0.3) is 0 Å². The highest BCUT2D eigenvalue weighted by Crippen LogP contribution is 2.27. The van der Waals surface area contributed by atoms with Gasteiger partial charge in [0.2, 0.25) is 5.91 Å². The van der Waals surface area contributed by atoms with E-state index in [2.05, 4.69) is 15.4 Å². The third kappa shape index (κ3) is 1.20. The number of amides is 1. The fourth-order valence-corrected chi connectivity index (χ4v) is 1.70. The third-order valence-electron chi connectivity index (χ3n) is 2.35. The van der Waals surface area contributed by atoms with Crippen molar-refractivity contribution in [2.45, 2.75) is 6.54 Å². The van der Waals surface area contributed by atoms with E-state index >= 15 is 0 Å². The molecule has 0 bridgehead atoms. The summed E-state index contributed by atoms with van der Waals surface area (Å²) in [7, 11) is 0. The Bertz CT molecular complexity index is 532. The number of carbonyl (C=O) groups excluding carboxylic acids is 1. The van der Waals surface area contributed by atoms with E-state index in [0.717, 1.165) is 17.1 Å². The van der Waals surface area contributed by atoms with E-state index in [1.807, 2.05) is 24.3 Å². The van der Waals surface area contributed by atoms with Gasteiger partial charge in [-0.15, -0.1) is 0 Å². The SMILES string of the molecule is O=C1Cn2ncnc2-c2ccccc2N1. The van der Waals surface area contributed by atoms with Gasteiger partial charge in [-0.3, -0.25) is 4.79 Å². The van der Waals surface area contributed by atoms with Crippen molar-refractivity contribution in [1.82, 2.24) is 14.8 Å². The van der Waals surface area contributed by atoms with Gasteiger partial charge in [0, 0.05) is 5.56 Å². The molecular weight excluding hydrogens is 192 g/mol. The summed E-state index contributed by atoms with van der Waals surface area (Å²) in [5.41, 5.74) is 1.69.